The number of hydrogen-bond donors (Lipinski definition) is 1. The molecule has 5 nitrogen and oxygen atoms in total. The van der Waals surface area contributed by atoms with Crippen LogP contribution >= 0.6 is 22.9 Å². The van der Waals surface area contributed by atoms with Crippen LogP contribution in [0, 0.1) is 6.92 Å². The lowest BCUT2D eigenvalue weighted by atomic mass is 10.1. The summed E-state index contributed by atoms with van der Waals surface area (Å²) in [7, 11) is 0. The van der Waals surface area contributed by atoms with Crippen molar-refractivity contribution in [2.75, 3.05) is 5.32 Å². The van der Waals surface area contributed by atoms with E-state index in [2.05, 4.69) is 20.4 Å². The summed E-state index contributed by atoms with van der Waals surface area (Å²) < 4.78 is 5.96. The average molecular weight is 383 g/mol. The molecule has 0 aliphatic rings. The maximum Gasteiger partial charge on any atom is 0.258 e. The van der Waals surface area contributed by atoms with Gasteiger partial charge in [0.25, 0.3) is 5.89 Å². The predicted octanol–water partition coefficient (Wildman–Crippen LogP) is 5.43. The van der Waals surface area contributed by atoms with E-state index >= 15 is 0 Å². The quantitative estimate of drug-likeness (QED) is 0.498. The van der Waals surface area contributed by atoms with E-state index in [9.17, 15) is 0 Å². The molecule has 0 atom stereocenters. The van der Waals surface area contributed by atoms with Crippen LogP contribution in [0.2, 0.25) is 4.47 Å². The Morgan fingerprint density at radius 3 is 2.46 bits per heavy atom. The van der Waals surface area contributed by atoms with Crippen molar-refractivity contribution >= 4 is 28.6 Å². The van der Waals surface area contributed by atoms with Gasteiger partial charge in [-0.1, -0.05) is 46.6 Å². The first-order valence-electron chi connectivity index (χ1n) is 8.03. The van der Waals surface area contributed by atoms with Crippen LogP contribution < -0.4 is 5.32 Å². The SMILES string of the molecule is Cc1ccc(-c2noc(-c3ccc(NCc4cnc(Cl)s4)cc3)n2)cc1. The molecule has 0 saturated heterocycles. The molecule has 0 aliphatic heterocycles. The summed E-state index contributed by atoms with van der Waals surface area (Å²) in [5.74, 6) is 1.09. The summed E-state index contributed by atoms with van der Waals surface area (Å²) in [4.78, 5) is 9.60. The molecule has 2 heterocycles. The Kier molecular flexibility index (Phi) is 4.69. The molecule has 4 rings (SSSR count). The molecule has 0 radical (unpaired) electrons. The number of benzene rings is 2. The number of anilines is 1. The molecule has 0 amide bonds. The molecular formula is C19H15ClN4OS. The highest BCUT2D eigenvalue weighted by Crippen LogP contribution is 2.24. The van der Waals surface area contributed by atoms with E-state index < -0.39 is 0 Å². The molecule has 26 heavy (non-hydrogen) atoms. The molecule has 0 saturated carbocycles. The number of nitrogens with zero attached hydrogens (tertiary/aromatic N) is 3. The van der Waals surface area contributed by atoms with E-state index in [4.69, 9.17) is 16.1 Å². The fourth-order valence-corrected chi connectivity index (χ4v) is 3.36. The number of thiazole rings is 1. The molecule has 0 bridgehead atoms. The fraction of sp³-hybridized carbons (Fsp3) is 0.105. The third-order valence-corrected chi connectivity index (χ3v) is 4.97. The summed E-state index contributed by atoms with van der Waals surface area (Å²) >= 11 is 7.31. The van der Waals surface area contributed by atoms with Crippen molar-refractivity contribution in [1.29, 1.82) is 0 Å². The van der Waals surface area contributed by atoms with E-state index in [1.165, 1.54) is 16.9 Å². The monoisotopic (exact) mass is 382 g/mol. The first-order chi connectivity index (χ1) is 12.7. The van der Waals surface area contributed by atoms with Gasteiger partial charge in [0, 0.05) is 27.9 Å². The van der Waals surface area contributed by atoms with Gasteiger partial charge in [0.1, 0.15) is 0 Å². The van der Waals surface area contributed by atoms with Crippen LogP contribution in [0.4, 0.5) is 5.69 Å². The number of aromatic nitrogens is 3. The van der Waals surface area contributed by atoms with E-state index in [0.29, 0.717) is 22.7 Å². The molecule has 0 aliphatic carbocycles. The maximum atomic E-state index is 5.84. The lowest BCUT2D eigenvalue weighted by Crippen LogP contribution is -1.96. The van der Waals surface area contributed by atoms with Crippen LogP contribution in [0.15, 0.2) is 59.3 Å². The smallest absolute Gasteiger partial charge is 0.258 e. The molecule has 4 aromatic rings. The highest BCUT2D eigenvalue weighted by Gasteiger charge is 2.10. The van der Waals surface area contributed by atoms with Crippen LogP contribution in [-0.4, -0.2) is 15.1 Å². The molecular weight excluding hydrogens is 368 g/mol. The van der Waals surface area contributed by atoms with Gasteiger partial charge in [0.05, 0.1) is 6.54 Å². The van der Waals surface area contributed by atoms with E-state index in [0.717, 1.165) is 21.7 Å². The average Bonchev–Trinajstić information content (AvgIpc) is 3.30. The molecule has 1 N–H and O–H groups in total. The van der Waals surface area contributed by atoms with Crippen LogP contribution in [0.1, 0.15) is 10.4 Å². The van der Waals surface area contributed by atoms with Crippen LogP contribution in [0.25, 0.3) is 22.8 Å². The first kappa shape index (κ1) is 16.8. The third-order valence-electron chi connectivity index (χ3n) is 3.86. The third kappa shape index (κ3) is 3.76. The van der Waals surface area contributed by atoms with Crippen molar-refractivity contribution in [2.24, 2.45) is 0 Å². The zero-order valence-corrected chi connectivity index (χ0v) is 15.5. The number of halogens is 1. The standard InChI is InChI=1S/C19H15ClN4OS/c1-12-2-4-13(5-3-12)17-23-18(25-24-17)14-6-8-15(9-7-14)21-10-16-11-22-19(20)26-16/h2-9,11,21H,10H2,1H3. The van der Waals surface area contributed by atoms with Crippen molar-refractivity contribution in [3.63, 3.8) is 0 Å². The zero-order chi connectivity index (χ0) is 17.9. The van der Waals surface area contributed by atoms with Gasteiger partial charge in [0.2, 0.25) is 5.82 Å². The number of hydrogen-bond acceptors (Lipinski definition) is 6. The van der Waals surface area contributed by atoms with E-state index in [-0.39, 0.29) is 0 Å². The highest BCUT2D eigenvalue weighted by molar-refractivity contribution is 7.15. The minimum absolute atomic E-state index is 0.501. The van der Waals surface area contributed by atoms with Gasteiger partial charge in [-0.05, 0) is 31.2 Å². The van der Waals surface area contributed by atoms with Gasteiger partial charge in [0.15, 0.2) is 4.47 Å². The number of nitrogens with one attached hydrogen (secondary N) is 1. The second kappa shape index (κ2) is 7.27. The Bertz CT molecular complexity index is 1010. The Balaban J connectivity index is 1.46. The first-order valence-corrected chi connectivity index (χ1v) is 9.22. The minimum Gasteiger partial charge on any atom is -0.380 e. The molecule has 7 heteroatoms. The topological polar surface area (TPSA) is 63.8 Å². The molecule has 130 valence electrons. The second-order valence-corrected chi connectivity index (χ2v) is 7.50. The molecule has 0 unspecified atom stereocenters. The highest BCUT2D eigenvalue weighted by atomic mass is 35.5. The normalized spacial score (nSPS) is 10.8. The zero-order valence-electron chi connectivity index (χ0n) is 13.9. The Morgan fingerprint density at radius 1 is 1.04 bits per heavy atom. The van der Waals surface area contributed by atoms with Gasteiger partial charge in [-0.25, -0.2) is 4.98 Å². The predicted molar refractivity (Wildman–Crippen MR) is 104 cm³/mol. The van der Waals surface area contributed by atoms with Crippen LogP contribution in [-0.2, 0) is 6.54 Å². The van der Waals surface area contributed by atoms with Crippen molar-refractivity contribution in [3.05, 3.63) is 69.6 Å². The summed E-state index contributed by atoms with van der Waals surface area (Å²) in [5.41, 5.74) is 4.01. The summed E-state index contributed by atoms with van der Waals surface area (Å²) in [6.07, 6.45) is 1.78. The second-order valence-electron chi connectivity index (χ2n) is 5.80. The largest absolute Gasteiger partial charge is 0.380 e. The van der Waals surface area contributed by atoms with E-state index in [1.807, 2.05) is 55.5 Å². The van der Waals surface area contributed by atoms with Gasteiger partial charge >= 0.3 is 0 Å². The van der Waals surface area contributed by atoms with Crippen LogP contribution in [0.5, 0.6) is 0 Å². The van der Waals surface area contributed by atoms with Gasteiger partial charge in [-0.2, -0.15) is 4.98 Å². The van der Waals surface area contributed by atoms with Gasteiger partial charge in [-0.3, -0.25) is 0 Å². The lowest BCUT2D eigenvalue weighted by molar-refractivity contribution is 0.432. The minimum atomic E-state index is 0.501. The summed E-state index contributed by atoms with van der Waals surface area (Å²) in [6.45, 7) is 2.73. The maximum absolute atomic E-state index is 5.84. The van der Waals surface area contributed by atoms with Gasteiger partial charge < -0.3 is 9.84 Å². The van der Waals surface area contributed by atoms with Crippen LogP contribution in [0.3, 0.4) is 0 Å². The van der Waals surface area contributed by atoms with Crippen molar-refractivity contribution in [2.45, 2.75) is 13.5 Å². The van der Waals surface area contributed by atoms with Crippen molar-refractivity contribution in [3.8, 4) is 22.8 Å². The molecule has 0 spiro atoms. The van der Waals surface area contributed by atoms with Crippen molar-refractivity contribution < 1.29 is 4.52 Å². The lowest BCUT2D eigenvalue weighted by Gasteiger charge is -2.04. The number of rotatable bonds is 5. The van der Waals surface area contributed by atoms with Crippen molar-refractivity contribution in [1.82, 2.24) is 15.1 Å². The fourth-order valence-electron chi connectivity index (χ4n) is 2.45. The Labute approximate surface area is 159 Å². The number of aryl methyl sites for hydroxylation is 1. The summed E-state index contributed by atoms with van der Waals surface area (Å²) in [6, 6.07) is 15.9. The molecule has 2 aromatic carbocycles. The molecule has 0 fully saturated rings. The van der Waals surface area contributed by atoms with E-state index in [1.54, 1.807) is 6.20 Å². The summed E-state index contributed by atoms with van der Waals surface area (Å²) in [5, 5.41) is 7.41. The Hall–Kier alpha value is -2.70. The Morgan fingerprint density at radius 2 is 1.77 bits per heavy atom. The van der Waals surface area contributed by atoms with Gasteiger partial charge in [-0.15, -0.1) is 11.3 Å². The molecule has 2 aromatic heterocycles.